The third-order valence-electron chi connectivity index (χ3n) is 0.884. The Hall–Kier alpha value is -0.700. The highest BCUT2D eigenvalue weighted by atomic mass is 16.3. The van der Waals surface area contributed by atoms with Crippen molar-refractivity contribution in [2.75, 3.05) is 0 Å². The van der Waals surface area contributed by atoms with E-state index in [2.05, 4.69) is 0 Å². The van der Waals surface area contributed by atoms with E-state index < -0.39 is 11.4 Å². The van der Waals surface area contributed by atoms with Crippen LogP contribution in [0.15, 0.2) is 0 Å². The van der Waals surface area contributed by atoms with Crippen LogP contribution < -0.4 is 0 Å². The average Bonchev–Trinajstić information content (AvgIpc) is 1.67. The largest absolute Gasteiger partial charge is 0.374 e. The van der Waals surface area contributed by atoms with Crippen molar-refractivity contribution in [2.24, 2.45) is 0 Å². The maximum Gasteiger partial charge on any atom is 0.240 e. The Bertz CT molecular complexity index is 115. The number of ketones is 1. The van der Waals surface area contributed by atoms with Crippen LogP contribution in [-0.2, 0) is 9.59 Å². The van der Waals surface area contributed by atoms with Gasteiger partial charge in [0.1, 0.15) is 0 Å². The minimum absolute atomic E-state index is 0.590. The summed E-state index contributed by atoms with van der Waals surface area (Å²) in [5, 5.41) is 8.63. The number of hydrogen-bond donors (Lipinski definition) is 1. The summed E-state index contributed by atoms with van der Waals surface area (Å²) in [6, 6.07) is 0. The van der Waals surface area contributed by atoms with Gasteiger partial charge in [-0.05, 0) is 13.8 Å². The van der Waals surface area contributed by atoms with Crippen molar-refractivity contribution in [3.63, 3.8) is 0 Å². The molecule has 3 nitrogen and oxygen atoms in total. The van der Waals surface area contributed by atoms with Crippen molar-refractivity contribution in [3.8, 4) is 0 Å². The van der Waals surface area contributed by atoms with Crippen LogP contribution in [0, 0.1) is 0 Å². The average molecular weight is 115 g/mol. The smallest absolute Gasteiger partial charge is 0.240 e. The summed E-state index contributed by atoms with van der Waals surface area (Å²) >= 11 is 0. The maximum atomic E-state index is 10.2. The lowest BCUT2D eigenvalue weighted by molar-refractivity contribution is -0.127. The van der Waals surface area contributed by atoms with Gasteiger partial charge in [-0.2, -0.15) is 0 Å². The Kier molecular flexibility index (Phi) is 1.87. The molecule has 0 rings (SSSR count). The molecule has 0 aliphatic rings. The van der Waals surface area contributed by atoms with Gasteiger partial charge in [-0.3, -0.25) is 9.59 Å². The van der Waals surface area contributed by atoms with Gasteiger partial charge in [0, 0.05) is 0 Å². The van der Waals surface area contributed by atoms with E-state index in [1.165, 1.54) is 6.29 Å². The highest BCUT2D eigenvalue weighted by molar-refractivity contribution is 5.99. The zero-order chi connectivity index (χ0) is 6.78. The summed E-state index contributed by atoms with van der Waals surface area (Å²) in [5.41, 5.74) is -1.90. The summed E-state index contributed by atoms with van der Waals surface area (Å²) in [5.74, 6) is -0.590. The first-order chi connectivity index (χ1) is 3.50. The molecule has 1 unspecified atom stereocenters. The Morgan fingerprint density at radius 1 is 1.75 bits per heavy atom. The molecule has 0 aromatic heterocycles. The zero-order valence-corrected chi connectivity index (χ0v) is 4.76. The van der Waals surface area contributed by atoms with Gasteiger partial charge in [-0.25, -0.2) is 0 Å². The third-order valence-corrected chi connectivity index (χ3v) is 0.884. The Morgan fingerprint density at radius 3 is 2.12 bits per heavy atom. The zero-order valence-electron chi connectivity index (χ0n) is 4.76. The second-order valence-electron chi connectivity index (χ2n) is 1.73. The van der Waals surface area contributed by atoms with Gasteiger partial charge in [0.05, 0.1) is 0 Å². The number of carbonyl (C=O) groups is 1. The van der Waals surface area contributed by atoms with Gasteiger partial charge >= 0.3 is 0 Å². The molecule has 8 heavy (non-hydrogen) atoms. The van der Waals surface area contributed by atoms with Gasteiger partial charge in [0.25, 0.3) is 0 Å². The molecule has 0 aliphatic carbocycles. The van der Waals surface area contributed by atoms with Crippen LogP contribution in [0.1, 0.15) is 13.8 Å². The molecular weight excluding hydrogens is 108 g/mol. The minimum Gasteiger partial charge on any atom is -0.374 e. The van der Waals surface area contributed by atoms with Crippen LogP contribution in [0.3, 0.4) is 0 Å². The topological polar surface area (TPSA) is 54.4 Å². The molecule has 0 heterocycles. The third kappa shape index (κ3) is 1.42. The normalized spacial score (nSPS) is 16.9. The molecule has 1 N–H and O–H groups in total. The molecule has 0 fully saturated rings. The quantitative estimate of drug-likeness (QED) is 0.490. The second kappa shape index (κ2) is 2.05. The van der Waals surface area contributed by atoms with E-state index in [1.807, 2.05) is 0 Å². The predicted molar refractivity (Wildman–Crippen MR) is 27.0 cm³/mol. The lowest BCUT2D eigenvalue weighted by Crippen LogP contribution is -2.34. The van der Waals surface area contributed by atoms with Crippen LogP contribution in [-0.4, -0.2) is 22.8 Å². The maximum absolute atomic E-state index is 10.2. The van der Waals surface area contributed by atoms with Crippen LogP contribution in [0.2, 0.25) is 0 Å². The van der Waals surface area contributed by atoms with Crippen molar-refractivity contribution in [1.29, 1.82) is 0 Å². The standard InChI is InChI=1S/C5H7O3/c1-4(7)5(2,8)3-6/h8H,1-2H3. The molecule has 3 heteroatoms. The fourth-order valence-corrected chi connectivity index (χ4v) is 0.0719. The first-order valence-corrected chi connectivity index (χ1v) is 2.13. The molecule has 0 saturated heterocycles. The Morgan fingerprint density at radius 2 is 2.12 bits per heavy atom. The summed E-state index contributed by atoms with van der Waals surface area (Å²) in [6.07, 6.45) is 1.20. The fourth-order valence-electron chi connectivity index (χ4n) is 0.0719. The SMILES string of the molecule is CC(=O)C(C)(O)[C]=O. The first kappa shape index (κ1) is 7.30. The monoisotopic (exact) mass is 115 g/mol. The molecule has 45 valence electrons. The van der Waals surface area contributed by atoms with E-state index in [1.54, 1.807) is 0 Å². The highest BCUT2D eigenvalue weighted by Gasteiger charge is 2.25. The lowest BCUT2D eigenvalue weighted by Gasteiger charge is -2.07. The number of Topliss-reactive ketones (excluding diaryl/α,β-unsaturated/α-hetero) is 1. The molecule has 0 amide bonds. The molecule has 1 atom stereocenters. The minimum atomic E-state index is -1.90. The van der Waals surface area contributed by atoms with E-state index >= 15 is 0 Å². The van der Waals surface area contributed by atoms with Crippen LogP contribution in [0.4, 0.5) is 0 Å². The summed E-state index contributed by atoms with van der Waals surface area (Å²) in [7, 11) is 0. The molecular formula is C5H7O3. The highest BCUT2D eigenvalue weighted by Crippen LogP contribution is 1.97. The first-order valence-electron chi connectivity index (χ1n) is 2.13. The Labute approximate surface area is 47.3 Å². The van der Waals surface area contributed by atoms with Crippen molar-refractivity contribution in [1.82, 2.24) is 0 Å². The van der Waals surface area contributed by atoms with E-state index in [9.17, 15) is 9.59 Å². The number of carbonyl (C=O) groups excluding carboxylic acids is 2. The number of aliphatic hydroxyl groups is 1. The van der Waals surface area contributed by atoms with Crippen molar-refractivity contribution < 1.29 is 14.7 Å². The molecule has 0 aromatic rings. The number of rotatable bonds is 2. The Balaban J connectivity index is 4.12. The van der Waals surface area contributed by atoms with E-state index in [0.717, 1.165) is 13.8 Å². The summed E-state index contributed by atoms with van der Waals surface area (Å²) in [6.45, 7) is 2.23. The summed E-state index contributed by atoms with van der Waals surface area (Å²) < 4.78 is 0. The number of hydrogen-bond acceptors (Lipinski definition) is 3. The van der Waals surface area contributed by atoms with Crippen molar-refractivity contribution in [2.45, 2.75) is 19.4 Å². The fraction of sp³-hybridized carbons (Fsp3) is 0.600. The van der Waals surface area contributed by atoms with E-state index in [-0.39, 0.29) is 0 Å². The van der Waals surface area contributed by atoms with Gasteiger partial charge in [-0.1, -0.05) is 0 Å². The van der Waals surface area contributed by atoms with Crippen molar-refractivity contribution >= 4 is 12.1 Å². The van der Waals surface area contributed by atoms with Gasteiger partial charge in [0.2, 0.25) is 6.29 Å². The molecule has 0 spiro atoms. The van der Waals surface area contributed by atoms with Gasteiger partial charge in [0.15, 0.2) is 11.4 Å². The lowest BCUT2D eigenvalue weighted by atomic mass is 10.1. The van der Waals surface area contributed by atoms with Gasteiger partial charge in [-0.15, -0.1) is 0 Å². The van der Waals surface area contributed by atoms with Crippen molar-refractivity contribution in [3.05, 3.63) is 0 Å². The molecule has 1 radical (unpaired) electrons. The molecule has 0 aliphatic heterocycles. The van der Waals surface area contributed by atoms with Crippen LogP contribution in [0.5, 0.6) is 0 Å². The molecule has 0 bridgehead atoms. The van der Waals surface area contributed by atoms with Crippen LogP contribution >= 0.6 is 0 Å². The molecule has 0 saturated carbocycles. The van der Waals surface area contributed by atoms with Crippen LogP contribution in [0.25, 0.3) is 0 Å². The van der Waals surface area contributed by atoms with E-state index in [0.29, 0.717) is 0 Å². The molecule has 0 aromatic carbocycles. The van der Waals surface area contributed by atoms with E-state index in [4.69, 9.17) is 5.11 Å². The predicted octanol–water partition coefficient (Wildman–Crippen LogP) is -0.564. The summed E-state index contributed by atoms with van der Waals surface area (Å²) in [4.78, 5) is 19.9. The van der Waals surface area contributed by atoms with Gasteiger partial charge < -0.3 is 5.11 Å². The second-order valence-corrected chi connectivity index (χ2v) is 1.73.